The molecule has 128 valence electrons. The van der Waals surface area contributed by atoms with Crippen LogP contribution in [-0.2, 0) is 0 Å². The number of non-ortho nitro benzene ring substituents is 1. The maximum absolute atomic E-state index is 10.8. The molecule has 0 spiro atoms. The molecule has 2 heterocycles. The number of nitro groups is 1. The first-order chi connectivity index (χ1) is 11.6. The van der Waals surface area contributed by atoms with Crippen LogP contribution in [0.2, 0.25) is 0 Å². The standard InChI is InChI=1S/C16H21N5O2S/c1-11(2)20-15(12-4-3-9-17-10-12)18-19-16(20)24-14-7-5-13(6-8-14)21(22)23/h5-8,11-12,17H,3-4,9-10H2,1-2H3. The molecule has 1 aromatic heterocycles. The van der Waals surface area contributed by atoms with Crippen molar-refractivity contribution in [2.45, 2.75) is 48.7 Å². The van der Waals surface area contributed by atoms with E-state index in [0.29, 0.717) is 5.92 Å². The van der Waals surface area contributed by atoms with E-state index >= 15 is 0 Å². The molecule has 1 aliphatic heterocycles. The van der Waals surface area contributed by atoms with Crippen LogP contribution in [-0.4, -0.2) is 32.8 Å². The van der Waals surface area contributed by atoms with Gasteiger partial charge in [-0.3, -0.25) is 10.1 Å². The van der Waals surface area contributed by atoms with Crippen LogP contribution in [0.1, 0.15) is 44.5 Å². The number of nitrogens with zero attached hydrogens (tertiary/aromatic N) is 4. The molecule has 1 atom stereocenters. The van der Waals surface area contributed by atoms with Gasteiger partial charge in [0.15, 0.2) is 5.16 Å². The highest BCUT2D eigenvalue weighted by Gasteiger charge is 2.24. The van der Waals surface area contributed by atoms with E-state index in [9.17, 15) is 10.1 Å². The van der Waals surface area contributed by atoms with Crippen LogP contribution >= 0.6 is 11.8 Å². The van der Waals surface area contributed by atoms with Gasteiger partial charge in [0, 0.05) is 35.5 Å². The van der Waals surface area contributed by atoms with Gasteiger partial charge in [-0.1, -0.05) is 0 Å². The number of nitro benzene ring substituents is 1. The fourth-order valence-corrected chi connectivity index (χ4v) is 3.90. The van der Waals surface area contributed by atoms with Crippen molar-refractivity contribution in [3.05, 3.63) is 40.2 Å². The number of hydrogen-bond acceptors (Lipinski definition) is 6. The molecule has 0 amide bonds. The van der Waals surface area contributed by atoms with Gasteiger partial charge in [-0.25, -0.2) is 0 Å². The summed E-state index contributed by atoms with van der Waals surface area (Å²) in [6, 6.07) is 6.81. The summed E-state index contributed by atoms with van der Waals surface area (Å²) in [6.45, 7) is 6.26. The van der Waals surface area contributed by atoms with Crippen LogP contribution in [0.25, 0.3) is 0 Å². The minimum Gasteiger partial charge on any atom is -0.316 e. The number of piperidine rings is 1. The van der Waals surface area contributed by atoms with Crippen LogP contribution in [0.4, 0.5) is 5.69 Å². The third-order valence-corrected chi connectivity index (χ3v) is 5.09. The first kappa shape index (κ1) is 16.9. The van der Waals surface area contributed by atoms with Crippen LogP contribution in [0.3, 0.4) is 0 Å². The second kappa shape index (κ2) is 7.31. The van der Waals surface area contributed by atoms with Gasteiger partial charge < -0.3 is 9.88 Å². The summed E-state index contributed by atoms with van der Waals surface area (Å²) in [6.07, 6.45) is 2.28. The normalized spacial score (nSPS) is 18.0. The zero-order chi connectivity index (χ0) is 17.1. The highest BCUT2D eigenvalue weighted by Crippen LogP contribution is 2.33. The lowest BCUT2D eigenvalue weighted by Gasteiger charge is -2.24. The van der Waals surface area contributed by atoms with Crippen molar-refractivity contribution in [2.24, 2.45) is 0 Å². The van der Waals surface area contributed by atoms with Gasteiger partial charge in [-0.2, -0.15) is 0 Å². The second-order valence-electron chi connectivity index (χ2n) is 6.20. The number of hydrogen-bond donors (Lipinski definition) is 1. The van der Waals surface area contributed by atoms with Gasteiger partial charge in [-0.15, -0.1) is 10.2 Å². The summed E-state index contributed by atoms with van der Waals surface area (Å²) < 4.78 is 2.18. The molecule has 1 saturated heterocycles. The highest BCUT2D eigenvalue weighted by molar-refractivity contribution is 7.99. The molecule has 0 saturated carbocycles. The van der Waals surface area contributed by atoms with Crippen molar-refractivity contribution in [2.75, 3.05) is 13.1 Å². The Hall–Kier alpha value is -1.93. The molecule has 7 nitrogen and oxygen atoms in total. The number of nitrogens with one attached hydrogen (secondary N) is 1. The van der Waals surface area contributed by atoms with Gasteiger partial charge in [0.1, 0.15) is 5.82 Å². The molecule has 2 aromatic rings. The van der Waals surface area contributed by atoms with Crippen LogP contribution < -0.4 is 5.32 Å². The Kier molecular flexibility index (Phi) is 5.15. The van der Waals surface area contributed by atoms with E-state index in [1.54, 1.807) is 12.1 Å². The van der Waals surface area contributed by atoms with Crippen molar-refractivity contribution in [1.82, 2.24) is 20.1 Å². The molecule has 0 bridgehead atoms. The van der Waals surface area contributed by atoms with E-state index < -0.39 is 0 Å². The predicted octanol–water partition coefficient (Wildman–Crippen LogP) is 3.39. The molecule has 1 fully saturated rings. The second-order valence-corrected chi connectivity index (χ2v) is 7.24. The van der Waals surface area contributed by atoms with Gasteiger partial charge in [0.25, 0.3) is 5.69 Å². The number of benzene rings is 1. The fraction of sp³-hybridized carbons (Fsp3) is 0.500. The lowest BCUT2D eigenvalue weighted by atomic mass is 9.98. The molecular weight excluding hydrogens is 326 g/mol. The molecule has 0 aliphatic carbocycles. The SMILES string of the molecule is CC(C)n1c(Sc2ccc([N+](=O)[O-])cc2)nnc1C1CCCNC1. The fourth-order valence-electron chi connectivity index (χ4n) is 2.94. The molecule has 1 N–H and O–H groups in total. The summed E-state index contributed by atoms with van der Waals surface area (Å²) >= 11 is 1.49. The van der Waals surface area contributed by atoms with Crippen molar-refractivity contribution in [3.8, 4) is 0 Å². The minimum atomic E-state index is -0.390. The molecule has 8 heteroatoms. The lowest BCUT2D eigenvalue weighted by Crippen LogP contribution is -2.30. The monoisotopic (exact) mass is 347 g/mol. The van der Waals surface area contributed by atoms with Crippen LogP contribution in [0.5, 0.6) is 0 Å². The third kappa shape index (κ3) is 3.59. The average molecular weight is 347 g/mol. The maximum atomic E-state index is 10.8. The molecule has 1 aliphatic rings. The molecule has 3 rings (SSSR count). The first-order valence-electron chi connectivity index (χ1n) is 8.14. The molecule has 24 heavy (non-hydrogen) atoms. The smallest absolute Gasteiger partial charge is 0.269 e. The average Bonchev–Trinajstić information content (AvgIpc) is 3.00. The zero-order valence-corrected chi connectivity index (χ0v) is 14.6. The van der Waals surface area contributed by atoms with Gasteiger partial charge >= 0.3 is 0 Å². The Bertz CT molecular complexity index is 708. The Morgan fingerprint density at radius 1 is 1.33 bits per heavy atom. The summed E-state index contributed by atoms with van der Waals surface area (Å²) in [5, 5.41) is 23.8. The molecule has 0 radical (unpaired) electrons. The van der Waals surface area contributed by atoms with Crippen molar-refractivity contribution in [3.63, 3.8) is 0 Å². The Morgan fingerprint density at radius 2 is 2.08 bits per heavy atom. The summed E-state index contributed by atoms with van der Waals surface area (Å²) in [5.41, 5.74) is 0.0960. The van der Waals surface area contributed by atoms with E-state index in [1.165, 1.54) is 23.9 Å². The molecule has 1 aromatic carbocycles. The molecule has 1 unspecified atom stereocenters. The summed E-state index contributed by atoms with van der Waals surface area (Å²) in [5.74, 6) is 1.42. The number of rotatable bonds is 5. The van der Waals surface area contributed by atoms with Gasteiger partial charge in [0.05, 0.1) is 4.92 Å². The van der Waals surface area contributed by atoms with Gasteiger partial charge in [0.2, 0.25) is 0 Å². The highest BCUT2D eigenvalue weighted by atomic mass is 32.2. The Labute approximate surface area is 145 Å². The Morgan fingerprint density at radius 3 is 2.67 bits per heavy atom. The molecular formula is C16H21N5O2S. The predicted molar refractivity (Wildman–Crippen MR) is 92.5 cm³/mol. The summed E-state index contributed by atoms with van der Waals surface area (Å²) in [4.78, 5) is 11.3. The quantitative estimate of drug-likeness (QED) is 0.659. The van der Waals surface area contributed by atoms with Crippen molar-refractivity contribution >= 4 is 17.4 Å². The van der Waals surface area contributed by atoms with E-state index in [-0.39, 0.29) is 16.7 Å². The number of aromatic nitrogens is 3. The van der Waals surface area contributed by atoms with Crippen molar-refractivity contribution in [1.29, 1.82) is 0 Å². The Balaban J connectivity index is 1.84. The third-order valence-electron chi connectivity index (χ3n) is 4.13. The van der Waals surface area contributed by atoms with E-state index in [4.69, 9.17) is 0 Å². The minimum absolute atomic E-state index is 0.0960. The van der Waals surface area contributed by atoms with E-state index in [0.717, 1.165) is 41.8 Å². The van der Waals surface area contributed by atoms with Crippen LogP contribution in [0, 0.1) is 10.1 Å². The van der Waals surface area contributed by atoms with Crippen LogP contribution in [0.15, 0.2) is 34.3 Å². The van der Waals surface area contributed by atoms with E-state index in [1.807, 2.05) is 0 Å². The van der Waals surface area contributed by atoms with Crippen molar-refractivity contribution < 1.29 is 4.92 Å². The zero-order valence-electron chi connectivity index (χ0n) is 13.8. The largest absolute Gasteiger partial charge is 0.316 e. The van der Waals surface area contributed by atoms with E-state index in [2.05, 4.69) is 33.9 Å². The maximum Gasteiger partial charge on any atom is 0.269 e. The topological polar surface area (TPSA) is 85.9 Å². The van der Waals surface area contributed by atoms with Gasteiger partial charge in [-0.05, 0) is 57.1 Å². The summed E-state index contributed by atoms with van der Waals surface area (Å²) in [7, 11) is 0. The lowest BCUT2D eigenvalue weighted by molar-refractivity contribution is -0.384. The first-order valence-corrected chi connectivity index (χ1v) is 8.95.